The van der Waals surface area contributed by atoms with Crippen LogP contribution in [-0.2, 0) is 5.41 Å². The molecule has 1 aromatic rings. The van der Waals surface area contributed by atoms with Crippen LogP contribution in [0, 0.1) is 11.3 Å². The number of alkyl halides is 3. The summed E-state index contributed by atoms with van der Waals surface area (Å²) in [5.74, 6) is 0. The van der Waals surface area contributed by atoms with E-state index in [4.69, 9.17) is 0 Å². The normalized spacial score (nSPS) is 25.8. The second-order valence-electron chi connectivity index (χ2n) is 5.34. The van der Waals surface area contributed by atoms with Crippen LogP contribution in [0.5, 0.6) is 0 Å². The van der Waals surface area contributed by atoms with Crippen LogP contribution in [0.2, 0.25) is 0 Å². The molecule has 0 saturated heterocycles. The second kappa shape index (κ2) is 5.84. The number of benzene rings is 1. The summed E-state index contributed by atoms with van der Waals surface area (Å²) >= 11 is 0. The lowest BCUT2D eigenvalue weighted by atomic mass is 9.62. The number of nitrogens with zero attached hydrogens (tertiary/aromatic N) is 1. The van der Waals surface area contributed by atoms with E-state index in [-0.39, 0.29) is 12.5 Å². The van der Waals surface area contributed by atoms with Crippen LogP contribution < -0.4 is 5.32 Å². The molecule has 0 aromatic heterocycles. The van der Waals surface area contributed by atoms with Gasteiger partial charge in [-0.3, -0.25) is 0 Å². The first-order chi connectivity index (χ1) is 9.45. The van der Waals surface area contributed by atoms with Crippen molar-refractivity contribution in [1.82, 2.24) is 5.32 Å². The van der Waals surface area contributed by atoms with E-state index in [1.807, 2.05) is 30.3 Å². The van der Waals surface area contributed by atoms with Crippen LogP contribution in [0.1, 0.15) is 31.2 Å². The highest BCUT2D eigenvalue weighted by atomic mass is 19.4. The first-order valence-electron chi connectivity index (χ1n) is 6.72. The topological polar surface area (TPSA) is 35.8 Å². The minimum absolute atomic E-state index is 0.0882. The molecule has 0 unspecified atom stereocenters. The summed E-state index contributed by atoms with van der Waals surface area (Å²) in [5.41, 5.74) is 0.527. The molecule has 20 heavy (non-hydrogen) atoms. The Morgan fingerprint density at radius 3 is 2.45 bits per heavy atom. The largest absolute Gasteiger partial charge is 0.389 e. The molecule has 1 aliphatic rings. The summed E-state index contributed by atoms with van der Waals surface area (Å²) in [4.78, 5) is 0. The predicted octanol–water partition coefficient (Wildman–Crippen LogP) is 3.54. The Bertz CT molecular complexity index is 470. The van der Waals surface area contributed by atoms with E-state index >= 15 is 0 Å². The highest BCUT2D eigenvalue weighted by molar-refractivity contribution is 5.36. The fraction of sp³-hybridized carbons (Fsp3) is 0.533. The Labute approximate surface area is 116 Å². The molecule has 108 valence electrons. The number of hydrogen-bond acceptors (Lipinski definition) is 2. The fourth-order valence-electron chi connectivity index (χ4n) is 2.67. The maximum Gasteiger partial charge on any atom is 0.389 e. The molecule has 1 fully saturated rings. The molecule has 0 aliphatic heterocycles. The van der Waals surface area contributed by atoms with Crippen molar-refractivity contribution in [3.8, 4) is 6.07 Å². The molecular weight excluding hydrogens is 265 g/mol. The van der Waals surface area contributed by atoms with E-state index in [0.29, 0.717) is 19.4 Å². The van der Waals surface area contributed by atoms with Gasteiger partial charge in [-0.2, -0.15) is 18.4 Å². The summed E-state index contributed by atoms with van der Waals surface area (Å²) in [6.07, 6.45) is -3.42. The van der Waals surface area contributed by atoms with Gasteiger partial charge >= 0.3 is 6.18 Å². The van der Waals surface area contributed by atoms with Crippen molar-refractivity contribution in [2.45, 2.75) is 43.3 Å². The molecule has 5 heteroatoms. The van der Waals surface area contributed by atoms with E-state index in [1.165, 1.54) is 0 Å². The Hall–Kier alpha value is -1.54. The molecule has 0 radical (unpaired) electrons. The lowest BCUT2D eigenvalue weighted by molar-refractivity contribution is -0.135. The first kappa shape index (κ1) is 14.9. The molecule has 1 aromatic carbocycles. The molecule has 0 spiro atoms. The Balaban J connectivity index is 1.77. The van der Waals surface area contributed by atoms with Gasteiger partial charge in [-0.15, -0.1) is 0 Å². The van der Waals surface area contributed by atoms with Gasteiger partial charge in [0, 0.05) is 12.5 Å². The van der Waals surface area contributed by atoms with E-state index in [0.717, 1.165) is 5.56 Å². The van der Waals surface area contributed by atoms with Crippen molar-refractivity contribution in [2.75, 3.05) is 6.54 Å². The third-order valence-corrected chi connectivity index (χ3v) is 3.80. The zero-order valence-corrected chi connectivity index (χ0v) is 11.1. The second-order valence-corrected chi connectivity index (χ2v) is 5.34. The number of nitrogens with one attached hydrogen (secondary N) is 1. The first-order valence-corrected chi connectivity index (χ1v) is 6.72. The monoisotopic (exact) mass is 282 g/mol. The quantitative estimate of drug-likeness (QED) is 0.838. The van der Waals surface area contributed by atoms with E-state index in [2.05, 4.69) is 11.4 Å². The van der Waals surface area contributed by atoms with Gasteiger partial charge in [0.1, 0.15) is 0 Å². The summed E-state index contributed by atoms with van der Waals surface area (Å²) in [5, 5.41) is 12.5. The molecule has 2 rings (SSSR count). The van der Waals surface area contributed by atoms with Crippen molar-refractivity contribution in [3.05, 3.63) is 35.9 Å². The van der Waals surface area contributed by atoms with Gasteiger partial charge in [-0.1, -0.05) is 30.3 Å². The van der Waals surface area contributed by atoms with E-state index in [1.54, 1.807) is 0 Å². The summed E-state index contributed by atoms with van der Waals surface area (Å²) in [6, 6.07) is 12.1. The van der Waals surface area contributed by atoms with Crippen molar-refractivity contribution in [1.29, 1.82) is 5.26 Å². The standard InChI is InChI=1S/C15H17F3N2/c16-15(17,18)7-4-8-20-13-9-14(10-13,11-19)12-5-2-1-3-6-12/h1-3,5-6,13,20H,4,7-10H2. The maximum absolute atomic E-state index is 12.0. The predicted molar refractivity (Wildman–Crippen MR) is 70.0 cm³/mol. The van der Waals surface area contributed by atoms with Crippen molar-refractivity contribution in [2.24, 2.45) is 0 Å². The van der Waals surface area contributed by atoms with Gasteiger partial charge in [0.25, 0.3) is 0 Å². The van der Waals surface area contributed by atoms with Gasteiger partial charge < -0.3 is 5.32 Å². The summed E-state index contributed by atoms with van der Waals surface area (Å²) in [7, 11) is 0. The summed E-state index contributed by atoms with van der Waals surface area (Å²) < 4.78 is 36.0. The SMILES string of the molecule is N#CC1(c2ccccc2)CC(NCCCC(F)(F)F)C1. The highest BCUT2D eigenvalue weighted by Gasteiger charge is 2.45. The number of hydrogen-bond donors (Lipinski definition) is 1. The molecular formula is C15H17F3N2. The Morgan fingerprint density at radius 2 is 1.90 bits per heavy atom. The molecule has 0 atom stereocenters. The van der Waals surface area contributed by atoms with Crippen molar-refractivity contribution in [3.63, 3.8) is 0 Å². The zero-order chi connectivity index (χ0) is 14.6. The smallest absolute Gasteiger partial charge is 0.314 e. The average molecular weight is 282 g/mol. The van der Waals surface area contributed by atoms with Crippen LogP contribution in [0.25, 0.3) is 0 Å². The molecule has 0 bridgehead atoms. The van der Waals surface area contributed by atoms with Crippen LogP contribution >= 0.6 is 0 Å². The molecule has 1 N–H and O–H groups in total. The molecule has 2 nitrogen and oxygen atoms in total. The van der Waals surface area contributed by atoms with Gasteiger partial charge in [0.05, 0.1) is 11.5 Å². The zero-order valence-electron chi connectivity index (χ0n) is 11.1. The highest BCUT2D eigenvalue weighted by Crippen LogP contribution is 2.43. The third-order valence-electron chi connectivity index (χ3n) is 3.80. The molecule has 0 amide bonds. The number of halogens is 3. The van der Waals surface area contributed by atoms with Gasteiger partial charge in [-0.05, 0) is 31.4 Å². The minimum atomic E-state index is -4.08. The Kier molecular flexibility index (Phi) is 4.34. The fourth-order valence-corrected chi connectivity index (χ4v) is 2.67. The van der Waals surface area contributed by atoms with Gasteiger partial charge in [0.15, 0.2) is 0 Å². The minimum Gasteiger partial charge on any atom is -0.314 e. The Morgan fingerprint density at radius 1 is 1.25 bits per heavy atom. The van der Waals surface area contributed by atoms with E-state index < -0.39 is 18.0 Å². The lowest BCUT2D eigenvalue weighted by Gasteiger charge is -2.43. The van der Waals surface area contributed by atoms with Crippen LogP contribution in [0.15, 0.2) is 30.3 Å². The maximum atomic E-state index is 12.0. The van der Waals surface area contributed by atoms with Crippen LogP contribution in [0.4, 0.5) is 13.2 Å². The molecule has 0 heterocycles. The van der Waals surface area contributed by atoms with Gasteiger partial charge in [0.2, 0.25) is 0 Å². The molecule has 1 aliphatic carbocycles. The van der Waals surface area contributed by atoms with Gasteiger partial charge in [-0.25, -0.2) is 0 Å². The average Bonchev–Trinajstić information content (AvgIpc) is 2.37. The van der Waals surface area contributed by atoms with Crippen molar-refractivity contribution < 1.29 is 13.2 Å². The number of nitriles is 1. The van der Waals surface area contributed by atoms with Crippen molar-refractivity contribution >= 4 is 0 Å². The molecule has 1 saturated carbocycles. The van der Waals surface area contributed by atoms with Crippen LogP contribution in [0.3, 0.4) is 0 Å². The number of rotatable bonds is 5. The lowest BCUT2D eigenvalue weighted by Crippen LogP contribution is -2.51. The van der Waals surface area contributed by atoms with E-state index in [9.17, 15) is 18.4 Å². The van der Waals surface area contributed by atoms with Crippen LogP contribution in [-0.4, -0.2) is 18.8 Å². The summed E-state index contributed by atoms with van der Waals surface area (Å²) in [6.45, 7) is 0.348. The third kappa shape index (κ3) is 3.51.